The fourth-order valence-electron chi connectivity index (χ4n) is 3.06. The number of piperidine rings is 1. The van der Waals surface area contributed by atoms with E-state index < -0.39 is 6.61 Å². The highest BCUT2D eigenvalue weighted by Crippen LogP contribution is 2.19. The molecular weight excluding hydrogens is 328 g/mol. The van der Waals surface area contributed by atoms with E-state index in [-0.39, 0.29) is 11.8 Å². The molecular formula is C18H27F2N3O2. The first-order chi connectivity index (χ1) is 12.0. The molecule has 140 valence electrons. The van der Waals surface area contributed by atoms with Crippen LogP contribution in [0.3, 0.4) is 0 Å². The van der Waals surface area contributed by atoms with Gasteiger partial charge in [0, 0.05) is 24.3 Å². The van der Waals surface area contributed by atoms with Crippen molar-refractivity contribution in [3.8, 4) is 5.75 Å². The Balaban J connectivity index is 1.62. The van der Waals surface area contributed by atoms with Crippen LogP contribution in [0.2, 0.25) is 0 Å². The maximum atomic E-state index is 12.2. The number of carbonyl (C=O) groups excluding carboxylic acids is 1. The van der Waals surface area contributed by atoms with Crippen LogP contribution in [-0.2, 0) is 0 Å². The molecule has 2 amide bonds. The summed E-state index contributed by atoms with van der Waals surface area (Å²) in [6.45, 7) is 2.22. The number of rotatable bonds is 8. The van der Waals surface area contributed by atoms with E-state index in [2.05, 4.69) is 27.2 Å². The highest BCUT2D eigenvalue weighted by molar-refractivity contribution is 5.89. The van der Waals surface area contributed by atoms with Gasteiger partial charge in [-0.05, 0) is 57.8 Å². The summed E-state index contributed by atoms with van der Waals surface area (Å²) in [6, 6.07) is 6.26. The number of carbonyl (C=O) groups is 1. The Kier molecular flexibility index (Phi) is 7.91. The molecule has 1 saturated heterocycles. The summed E-state index contributed by atoms with van der Waals surface area (Å²) in [7, 11) is 0. The Morgan fingerprint density at radius 2 is 2.20 bits per heavy atom. The second-order valence-electron chi connectivity index (χ2n) is 6.38. The number of unbranched alkanes of at least 4 members (excludes halogenated alkanes) is 1. The second-order valence-corrected chi connectivity index (χ2v) is 6.38. The van der Waals surface area contributed by atoms with Crippen molar-refractivity contribution in [2.75, 3.05) is 25.0 Å². The fraction of sp³-hybridized carbons (Fsp3) is 0.611. The number of likely N-dealkylation sites (tertiary alicyclic amines) is 1. The number of hydrogen-bond acceptors (Lipinski definition) is 3. The quantitative estimate of drug-likeness (QED) is 0.691. The summed E-state index contributed by atoms with van der Waals surface area (Å²) in [6.07, 6.45) is 5.82. The van der Waals surface area contributed by atoms with Crippen LogP contribution in [0.1, 0.15) is 39.0 Å². The normalized spacial score (nSPS) is 18.2. The largest absolute Gasteiger partial charge is 0.435 e. The average Bonchev–Trinajstić information content (AvgIpc) is 2.56. The van der Waals surface area contributed by atoms with Crippen molar-refractivity contribution in [1.29, 1.82) is 0 Å². The molecule has 0 bridgehead atoms. The van der Waals surface area contributed by atoms with Crippen molar-refractivity contribution < 1.29 is 18.3 Å². The Morgan fingerprint density at radius 1 is 1.36 bits per heavy atom. The lowest BCUT2D eigenvalue weighted by Gasteiger charge is -2.33. The zero-order valence-electron chi connectivity index (χ0n) is 14.6. The minimum atomic E-state index is -2.88. The van der Waals surface area contributed by atoms with E-state index in [1.807, 2.05) is 0 Å². The van der Waals surface area contributed by atoms with Gasteiger partial charge in [-0.25, -0.2) is 4.79 Å². The standard InChI is InChI=1S/C18H27F2N3O2/c1-14-7-2-4-11-23(14)12-5-3-10-21-18(24)22-15-8-6-9-16(13-15)25-17(19)20/h6,8-9,13-14,17H,2-5,7,10-12H2,1H3,(H2,21,22,24). The monoisotopic (exact) mass is 355 g/mol. The van der Waals surface area contributed by atoms with E-state index in [0.717, 1.165) is 19.4 Å². The molecule has 25 heavy (non-hydrogen) atoms. The number of halogens is 2. The summed E-state index contributed by atoms with van der Waals surface area (Å²) >= 11 is 0. The lowest BCUT2D eigenvalue weighted by atomic mass is 10.0. The molecule has 2 N–H and O–H groups in total. The number of urea groups is 1. The van der Waals surface area contributed by atoms with Crippen molar-refractivity contribution in [2.24, 2.45) is 0 Å². The minimum absolute atomic E-state index is 0.0171. The Labute approximate surface area is 147 Å². The number of hydrogen-bond donors (Lipinski definition) is 2. The van der Waals surface area contributed by atoms with Crippen molar-refractivity contribution in [2.45, 2.75) is 51.7 Å². The van der Waals surface area contributed by atoms with Gasteiger partial charge in [0.1, 0.15) is 5.75 Å². The van der Waals surface area contributed by atoms with Gasteiger partial charge in [-0.1, -0.05) is 12.5 Å². The molecule has 0 spiro atoms. The third-order valence-electron chi connectivity index (χ3n) is 4.42. The number of ether oxygens (including phenoxy) is 1. The van der Waals surface area contributed by atoms with Gasteiger partial charge in [0.05, 0.1) is 0 Å². The summed E-state index contributed by atoms with van der Waals surface area (Å²) in [5, 5.41) is 5.40. The van der Waals surface area contributed by atoms with E-state index in [1.165, 1.54) is 37.9 Å². The van der Waals surface area contributed by atoms with Crippen LogP contribution in [0.25, 0.3) is 0 Å². The van der Waals surface area contributed by atoms with Crippen LogP contribution in [0.5, 0.6) is 5.75 Å². The van der Waals surface area contributed by atoms with E-state index >= 15 is 0 Å². The number of benzene rings is 1. The highest BCUT2D eigenvalue weighted by atomic mass is 19.3. The SMILES string of the molecule is CC1CCCCN1CCCCNC(=O)Nc1cccc(OC(F)F)c1. The molecule has 0 radical (unpaired) electrons. The summed E-state index contributed by atoms with van der Waals surface area (Å²) in [5.41, 5.74) is 0.415. The third kappa shape index (κ3) is 7.25. The van der Waals surface area contributed by atoms with Gasteiger partial charge in [-0.2, -0.15) is 8.78 Å². The number of nitrogens with zero attached hydrogens (tertiary/aromatic N) is 1. The molecule has 1 atom stereocenters. The second kappa shape index (κ2) is 10.2. The van der Waals surface area contributed by atoms with Crippen LogP contribution in [0, 0.1) is 0 Å². The Bertz CT molecular complexity index is 543. The highest BCUT2D eigenvalue weighted by Gasteiger charge is 2.17. The molecule has 2 rings (SSSR count). The molecule has 1 aliphatic rings. The van der Waals surface area contributed by atoms with Crippen LogP contribution in [0.15, 0.2) is 24.3 Å². The molecule has 1 aromatic rings. The number of nitrogens with one attached hydrogen (secondary N) is 2. The van der Waals surface area contributed by atoms with Crippen LogP contribution in [0.4, 0.5) is 19.3 Å². The van der Waals surface area contributed by atoms with Crippen molar-refractivity contribution in [1.82, 2.24) is 10.2 Å². The molecule has 0 aromatic heterocycles. The predicted octanol–water partition coefficient (Wildman–Crippen LogP) is 4.06. The van der Waals surface area contributed by atoms with Gasteiger partial charge in [0.2, 0.25) is 0 Å². The van der Waals surface area contributed by atoms with E-state index in [9.17, 15) is 13.6 Å². The van der Waals surface area contributed by atoms with E-state index in [1.54, 1.807) is 12.1 Å². The first-order valence-corrected chi connectivity index (χ1v) is 8.88. The van der Waals surface area contributed by atoms with Gasteiger partial charge in [0.15, 0.2) is 0 Å². The van der Waals surface area contributed by atoms with Crippen LogP contribution >= 0.6 is 0 Å². The number of anilines is 1. The number of alkyl halides is 2. The maximum Gasteiger partial charge on any atom is 0.387 e. The lowest BCUT2D eigenvalue weighted by Crippen LogP contribution is -2.38. The van der Waals surface area contributed by atoms with Crippen molar-refractivity contribution in [3.63, 3.8) is 0 Å². The molecule has 0 aliphatic carbocycles. The van der Waals surface area contributed by atoms with Gasteiger partial charge in [-0.15, -0.1) is 0 Å². The third-order valence-corrected chi connectivity index (χ3v) is 4.42. The smallest absolute Gasteiger partial charge is 0.387 e. The van der Waals surface area contributed by atoms with Gasteiger partial charge in [0.25, 0.3) is 0 Å². The molecule has 0 saturated carbocycles. The zero-order chi connectivity index (χ0) is 18.1. The van der Waals surface area contributed by atoms with Crippen molar-refractivity contribution in [3.05, 3.63) is 24.3 Å². The van der Waals surface area contributed by atoms with Gasteiger partial charge in [-0.3, -0.25) is 0 Å². The Hall–Kier alpha value is -1.89. The summed E-state index contributed by atoms with van der Waals surface area (Å²) in [4.78, 5) is 14.4. The van der Waals surface area contributed by atoms with Crippen LogP contribution in [-0.4, -0.2) is 43.2 Å². The average molecular weight is 355 g/mol. The van der Waals surface area contributed by atoms with Gasteiger partial charge < -0.3 is 20.3 Å². The summed E-state index contributed by atoms with van der Waals surface area (Å²) < 4.78 is 28.7. The van der Waals surface area contributed by atoms with Gasteiger partial charge >= 0.3 is 12.6 Å². The molecule has 5 nitrogen and oxygen atoms in total. The zero-order valence-corrected chi connectivity index (χ0v) is 14.6. The van der Waals surface area contributed by atoms with Crippen LogP contribution < -0.4 is 15.4 Å². The lowest BCUT2D eigenvalue weighted by molar-refractivity contribution is -0.0497. The summed E-state index contributed by atoms with van der Waals surface area (Å²) in [5.74, 6) is 0.0171. The molecule has 1 aliphatic heterocycles. The van der Waals surface area contributed by atoms with E-state index in [0.29, 0.717) is 18.3 Å². The van der Waals surface area contributed by atoms with Crippen molar-refractivity contribution >= 4 is 11.7 Å². The maximum absolute atomic E-state index is 12.2. The molecule has 1 heterocycles. The first-order valence-electron chi connectivity index (χ1n) is 8.88. The molecule has 1 aromatic carbocycles. The predicted molar refractivity (Wildman–Crippen MR) is 94.2 cm³/mol. The molecule has 1 fully saturated rings. The minimum Gasteiger partial charge on any atom is -0.435 e. The topological polar surface area (TPSA) is 53.6 Å². The number of amides is 2. The molecule has 7 heteroatoms. The Morgan fingerprint density at radius 3 is 2.96 bits per heavy atom. The first kappa shape index (κ1) is 19.4. The molecule has 1 unspecified atom stereocenters. The fourth-order valence-corrected chi connectivity index (χ4v) is 3.06. The van der Waals surface area contributed by atoms with E-state index in [4.69, 9.17) is 0 Å².